The second-order valence-corrected chi connectivity index (χ2v) is 5.08. The molecule has 1 aromatic carbocycles. The molecule has 17 heavy (non-hydrogen) atoms. The lowest BCUT2D eigenvalue weighted by atomic mass is 10.2. The number of halogens is 2. The van der Waals surface area contributed by atoms with Crippen LogP contribution in [0.15, 0.2) is 22.8 Å². The van der Waals surface area contributed by atoms with Crippen LogP contribution in [0, 0.1) is 5.82 Å². The summed E-state index contributed by atoms with van der Waals surface area (Å²) >= 11 is 4.56. The Morgan fingerprint density at radius 1 is 1.53 bits per heavy atom. The molecule has 0 aliphatic carbocycles. The molecule has 0 aliphatic rings. The number of aliphatic hydroxyl groups excluding tert-OH is 1. The van der Waals surface area contributed by atoms with Gasteiger partial charge in [-0.3, -0.25) is 0 Å². The van der Waals surface area contributed by atoms with Crippen LogP contribution in [0.4, 0.5) is 4.39 Å². The number of nitrogens with zero attached hydrogens (tertiary/aromatic N) is 1. The van der Waals surface area contributed by atoms with Gasteiger partial charge in [0.2, 0.25) is 0 Å². The maximum absolute atomic E-state index is 13.5. The molecule has 90 valence electrons. The minimum Gasteiger partial charge on any atom is -0.494 e. The van der Waals surface area contributed by atoms with E-state index in [2.05, 4.69) is 20.9 Å². The fourth-order valence-electron chi connectivity index (χ4n) is 1.35. The largest absolute Gasteiger partial charge is 0.494 e. The van der Waals surface area contributed by atoms with E-state index in [0.29, 0.717) is 15.2 Å². The number of rotatable bonds is 3. The van der Waals surface area contributed by atoms with E-state index in [4.69, 9.17) is 9.84 Å². The molecule has 0 saturated carbocycles. The highest BCUT2D eigenvalue weighted by molar-refractivity contribution is 9.10. The number of methoxy groups -OCH3 is 1. The summed E-state index contributed by atoms with van der Waals surface area (Å²) in [5.41, 5.74) is 0.661. The topological polar surface area (TPSA) is 42.4 Å². The standard InChI is InChI=1S/C11H9BrFNO2S/c1-16-8-3-2-6(4-7(8)13)11-14-10(12)9(5-15)17-11/h2-4,15H,5H2,1H3. The maximum atomic E-state index is 13.5. The number of aromatic nitrogens is 1. The van der Waals surface area contributed by atoms with Gasteiger partial charge in [0.25, 0.3) is 0 Å². The van der Waals surface area contributed by atoms with Gasteiger partial charge in [0.15, 0.2) is 11.6 Å². The Hall–Kier alpha value is -0.980. The lowest BCUT2D eigenvalue weighted by Crippen LogP contribution is -1.88. The van der Waals surface area contributed by atoms with Crippen molar-refractivity contribution in [3.05, 3.63) is 33.5 Å². The second kappa shape index (κ2) is 5.12. The van der Waals surface area contributed by atoms with Crippen LogP contribution in [0.3, 0.4) is 0 Å². The Bertz CT molecular complexity index is 544. The molecule has 0 atom stereocenters. The zero-order valence-electron chi connectivity index (χ0n) is 8.91. The average molecular weight is 318 g/mol. The minimum absolute atomic E-state index is 0.0864. The fraction of sp³-hybridized carbons (Fsp3) is 0.182. The highest BCUT2D eigenvalue weighted by Gasteiger charge is 2.12. The Morgan fingerprint density at radius 2 is 2.29 bits per heavy atom. The third-order valence-corrected chi connectivity index (χ3v) is 4.20. The molecule has 3 nitrogen and oxygen atoms in total. The van der Waals surface area contributed by atoms with Gasteiger partial charge in [0, 0.05) is 5.56 Å². The van der Waals surface area contributed by atoms with Gasteiger partial charge in [-0.15, -0.1) is 11.3 Å². The van der Waals surface area contributed by atoms with Crippen molar-refractivity contribution in [2.75, 3.05) is 7.11 Å². The maximum Gasteiger partial charge on any atom is 0.165 e. The third-order valence-electron chi connectivity index (χ3n) is 2.19. The van der Waals surface area contributed by atoms with E-state index in [0.717, 1.165) is 4.88 Å². The van der Waals surface area contributed by atoms with Crippen molar-refractivity contribution in [3.63, 3.8) is 0 Å². The van der Waals surface area contributed by atoms with Gasteiger partial charge < -0.3 is 9.84 Å². The molecule has 2 aromatic rings. The lowest BCUT2D eigenvalue weighted by molar-refractivity contribution is 0.284. The molecule has 0 saturated heterocycles. The zero-order chi connectivity index (χ0) is 12.4. The number of aliphatic hydroxyl groups is 1. The van der Waals surface area contributed by atoms with Crippen LogP contribution in [0.1, 0.15) is 4.88 Å². The van der Waals surface area contributed by atoms with Gasteiger partial charge in [-0.25, -0.2) is 9.37 Å². The second-order valence-electron chi connectivity index (χ2n) is 3.24. The van der Waals surface area contributed by atoms with Crippen molar-refractivity contribution in [1.29, 1.82) is 0 Å². The molecule has 1 N–H and O–H groups in total. The summed E-state index contributed by atoms with van der Waals surface area (Å²) < 4.78 is 19.0. The molecule has 1 heterocycles. The molecule has 0 fully saturated rings. The van der Waals surface area contributed by atoms with E-state index in [1.165, 1.54) is 24.5 Å². The first-order valence-electron chi connectivity index (χ1n) is 4.75. The first kappa shape index (κ1) is 12.5. The summed E-state index contributed by atoms with van der Waals surface area (Å²) in [5, 5.41) is 9.72. The van der Waals surface area contributed by atoms with Gasteiger partial charge in [-0.05, 0) is 34.1 Å². The Balaban J connectivity index is 2.42. The molecule has 6 heteroatoms. The van der Waals surface area contributed by atoms with Crippen molar-refractivity contribution in [3.8, 4) is 16.3 Å². The first-order valence-corrected chi connectivity index (χ1v) is 6.36. The van der Waals surface area contributed by atoms with Gasteiger partial charge in [-0.2, -0.15) is 0 Å². The predicted octanol–water partition coefficient (Wildman–Crippen LogP) is 3.21. The monoisotopic (exact) mass is 317 g/mol. The van der Waals surface area contributed by atoms with Crippen molar-refractivity contribution in [1.82, 2.24) is 4.98 Å². The molecule has 2 rings (SSSR count). The van der Waals surface area contributed by atoms with E-state index >= 15 is 0 Å². The van der Waals surface area contributed by atoms with Crippen molar-refractivity contribution >= 4 is 27.3 Å². The van der Waals surface area contributed by atoms with Crippen molar-refractivity contribution < 1.29 is 14.2 Å². The van der Waals surface area contributed by atoms with E-state index in [-0.39, 0.29) is 12.4 Å². The van der Waals surface area contributed by atoms with Crippen LogP contribution in [-0.2, 0) is 6.61 Å². The van der Waals surface area contributed by atoms with Gasteiger partial charge >= 0.3 is 0 Å². The van der Waals surface area contributed by atoms with Gasteiger partial charge in [0.1, 0.15) is 9.61 Å². The van der Waals surface area contributed by atoms with Gasteiger partial charge in [0.05, 0.1) is 18.6 Å². The number of hydrogen-bond acceptors (Lipinski definition) is 4. The highest BCUT2D eigenvalue weighted by atomic mass is 79.9. The molecule has 0 aliphatic heterocycles. The molecule has 0 amide bonds. The van der Waals surface area contributed by atoms with E-state index in [9.17, 15) is 4.39 Å². The van der Waals surface area contributed by atoms with Crippen LogP contribution in [0.2, 0.25) is 0 Å². The molecular weight excluding hydrogens is 309 g/mol. The molecule has 0 spiro atoms. The molecule has 0 bridgehead atoms. The van der Waals surface area contributed by atoms with Crippen LogP contribution in [0.25, 0.3) is 10.6 Å². The molecule has 0 radical (unpaired) electrons. The summed E-state index contributed by atoms with van der Waals surface area (Å²) in [6.45, 7) is -0.0864. The normalized spacial score (nSPS) is 10.6. The van der Waals surface area contributed by atoms with Crippen molar-refractivity contribution in [2.24, 2.45) is 0 Å². The zero-order valence-corrected chi connectivity index (χ0v) is 11.3. The Morgan fingerprint density at radius 3 is 2.82 bits per heavy atom. The molecule has 1 aromatic heterocycles. The fourth-order valence-corrected chi connectivity index (χ4v) is 2.83. The summed E-state index contributed by atoms with van der Waals surface area (Å²) in [5.74, 6) is -0.228. The predicted molar refractivity (Wildman–Crippen MR) is 67.7 cm³/mol. The van der Waals surface area contributed by atoms with E-state index in [1.54, 1.807) is 12.1 Å². The van der Waals surface area contributed by atoms with Crippen LogP contribution in [0.5, 0.6) is 5.75 Å². The van der Waals surface area contributed by atoms with Gasteiger partial charge in [-0.1, -0.05) is 0 Å². The summed E-state index contributed by atoms with van der Waals surface area (Å²) in [6.07, 6.45) is 0. The summed E-state index contributed by atoms with van der Waals surface area (Å²) in [7, 11) is 1.42. The highest BCUT2D eigenvalue weighted by Crippen LogP contribution is 2.32. The number of ether oxygens (including phenoxy) is 1. The smallest absolute Gasteiger partial charge is 0.165 e. The molecule has 0 unspecified atom stereocenters. The van der Waals surface area contributed by atoms with Crippen LogP contribution in [-0.4, -0.2) is 17.2 Å². The lowest BCUT2D eigenvalue weighted by Gasteiger charge is -2.02. The number of hydrogen-bond donors (Lipinski definition) is 1. The molecular formula is C11H9BrFNO2S. The average Bonchev–Trinajstić information content (AvgIpc) is 2.70. The third kappa shape index (κ3) is 2.48. The number of benzene rings is 1. The van der Waals surface area contributed by atoms with E-state index in [1.807, 2.05) is 0 Å². The van der Waals surface area contributed by atoms with E-state index < -0.39 is 5.82 Å². The summed E-state index contributed by atoms with van der Waals surface area (Å²) in [4.78, 5) is 4.93. The van der Waals surface area contributed by atoms with Crippen LogP contribution < -0.4 is 4.74 Å². The van der Waals surface area contributed by atoms with Crippen molar-refractivity contribution in [2.45, 2.75) is 6.61 Å². The van der Waals surface area contributed by atoms with Crippen LogP contribution >= 0.6 is 27.3 Å². The quantitative estimate of drug-likeness (QED) is 0.945. The first-order chi connectivity index (χ1) is 8.15. The minimum atomic E-state index is -0.429. The SMILES string of the molecule is COc1ccc(-c2nc(Br)c(CO)s2)cc1F. The number of thiazole rings is 1. The Labute approximate surface area is 110 Å². The summed E-state index contributed by atoms with van der Waals surface area (Å²) in [6, 6.07) is 4.65. The Kier molecular flexibility index (Phi) is 3.76.